The number of methoxy groups -OCH3 is 1. The Morgan fingerprint density at radius 2 is 2.09 bits per heavy atom. The van der Waals surface area contributed by atoms with Crippen LogP contribution in [0.3, 0.4) is 0 Å². The number of hydrogen-bond acceptors (Lipinski definition) is 4. The Labute approximate surface area is 132 Å². The monoisotopic (exact) mass is 381 g/mol. The van der Waals surface area contributed by atoms with E-state index in [1.54, 1.807) is 0 Å². The fourth-order valence-corrected chi connectivity index (χ4v) is 2.59. The Balaban J connectivity index is 2.18. The van der Waals surface area contributed by atoms with Gasteiger partial charge in [0.15, 0.2) is 0 Å². The van der Waals surface area contributed by atoms with Crippen LogP contribution in [0.15, 0.2) is 22.7 Å². The van der Waals surface area contributed by atoms with Crippen LogP contribution in [0.25, 0.3) is 0 Å². The summed E-state index contributed by atoms with van der Waals surface area (Å²) in [7, 11) is 1.23. The van der Waals surface area contributed by atoms with Crippen molar-refractivity contribution in [3.8, 4) is 5.75 Å². The molecule has 5 nitrogen and oxygen atoms in total. The Morgan fingerprint density at radius 1 is 1.41 bits per heavy atom. The number of amides is 1. The normalized spacial score (nSPS) is 18.5. The topological polar surface area (TPSA) is 55.8 Å². The molecule has 0 bridgehead atoms. The molecular weight excluding hydrogens is 371 g/mol. The first-order valence-electron chi connectivity index (χ1n) is 6.14. The van der Waals surface area contributed by atoms with Crippen molar-refractivity contribution in [2.24, 2.45) is 5.92 Å². The Kier molecular flexibility index (Phi) is 4.64. The number of carbonyl (C=O) groups excluding carboxylic acids is 2. The predicted octanol–water partition coefficient (Wildman–Crippen LogP) is 2.87. The van der Waals surface area contributed by atoms with E-state index >= 15 is 0 Å². The molecule has 1 aliphatic rings. The number of carbonyl (C=O) groups is 2. The van der Waals surface area contributed by atoms with Gasteiger partial charge in [-0.15, -0.1) is 13.2 Å². The van der Waals surface area contributed by atoms with Crippen molar-refractivity contribution in [3.63, 3.8) is 0 Å². The van der Waals surface area contributed by atoms with Crippen LogP contribution in [-0.2, 0) is 14.3 Å². The highest BCUT2D eigenvalue weighted by Crippen LogP contribution is 2.35. The Morgan fingerprint density at radius 3 is 2.64 bits per heavy atom. The fraction of sp³-hybridized carbons (Fsp3) is 0.385. The third kappa shape index (κ3) is 3.70. The first kappa shape index (κ1) is 16.6. The van der Waals surface area contributed by atoms with Crippen molar-refractivity contribution in [2.45, 2.75) is 12.8 Å². The van der Waals surface area contributed by atoms with Gasteiger partial charge >= 0.3 is 12.3 Å². The van der Waals surface area contributed by atoms with Gasteiger partial charge in [-0.3, -0.25) is 9.59 Å². The van der Waals surface area contributed by atoms with Crippen molar-refractivity contribution in [3.05, 3.63) is 22.7 Å². The number of anilines is 1. The molecule has 1 amide bonds. The molecule has 0 radical (unpaired) electrons. The van der Waals surface area contributed by atoms with E-state index in [-0.39, 0.29) is 23.3 Å². The number of rotatable bonds is 3. The van der Waals surface area contributed by atoms with E-state index in [1.165, 1.54) is 24.1 Å². The second-order valence-corrected chi connectivity index (χ2v) is 5.45. The van der Waals surface area contributed by atoms with Crippen LogP contribution >= 0.6 is 15.9 Å². The van der Waals surface area contributed by atoms with Crippen LogP contribution in [-0.4, -0.2) is 31.9 Å². The highest BCUT2D eigenvalue weighted by molar-refractivity contribution is 9.10. The lowest BCUT2D eigenvalue weighted by Crippen LogP contribution is -2.26. The summed E-state index contributed by atoms with van der Waals surface area (Å²) in [6.07, 6.45) is -4.80. The van der Waals surface area contributed by atoms with Crippen molar-refractivity contribution in [2.75, 3.05) is 18.6 Å². The van der Waals surface area contributed by atoms with Gasteiger partial charge < -0.3 is 14.4 Å². The maximum absolute atomic E-state index is 12.2. The quantitative estimate of drug-likeness (QED) is 0.755. The van der Waals surface area contributed by atoms with Crippen molar-refractivity contribution >= 4 is 33.5 Å². The molecule has 1 atom stereocenters. The molecule has 1 aromatic carbocycles. The lowest BCUT2D eigenvalue weighted by molar-refractivity contribution is -0.274. The molecule has 1 aromatic rings. The van der Waals surface area contributed by atoms with E-state index in [1.807, 2.05) is 0 Å². The maximum atomic E-state index is 12.2. The summed E-state index contributed by atoms with van der Waals surface area (Å²) in [5.41, 5.74) is 0.373. The predicted molar refractivity (Wildman–Crippen MR) is 73.3 cm³/mol. The lowest BCUT2D eigenvalue weighted by Gasteiger charge is -2.18. The summed E-state index contributed by atoms with van der Waals surface area (Å²) in [4.78, 5) is 24.7. The van der Waals surface area contributed by atoms with Gasteiger partial charge in [-0.2, -0.15) is 0 Å². The number of alkyl halides is 3. The van der Waals surface area contributed by atoms with E-state index < -0.39 is 24.0 Å². The SMILES string of the molecule is COC(=O)C1CC(=O)N(c2ccc(OC(F)(F)F)c(Br)c2)C1. The Hall–Kier alpha value is -1.77. The molecule has 120 valence electrons. The second kappa shape index (κ2) is 6.15. The Bertz CT molecular complexity index is 605. The maximum Gasteiger partial charge on any atom is 0.573 e. The van der Waals surface area contributed by atoms with Crippen LogP contribution in [0.5, 0.6) is 5.75 Å². The minimum atomic E-state index is -4.80. The standard InChI is InChI=1S/C13H11BrF3NO4/c1-21-12(20)7-4-11(19)18(6-7)8-2-3-10(9(14)5-8)22-13(15,16)17/h2-3,5,7H,4,6H2,1H3. The molecule has 1 aliphatic heterocycles. The molecule has 0 N–H and O–H groups in total. The van der Waals surface area contributed by atoms with Gasteiger partial charge in [-0.1, -0.05) is 0 Å². The third-order valence-corrected chi connectivity index (χ3v) is 3.73. The first-order chi connectivity index (χ1) is 10.2. The number of nitrogens with zero attached hydrogens (tertiary/aromatic N) is 1. The summed E-state index contributed by atoms with van der Waals surface area (Å²) >= 11 is 2.97. The van der Waals surface area contributed by atoms with Crippen LogP contribution in [0, 0.1) is 5.92 Å². The highest BCUT2D eigenvalue weighted by Gasteiger charge is 2.36. The largest absolute Gasteiger partial charge is 0.573 e. The van der Waals surface area contributed by atoms with Crippen molar-refractivity contribution < 1.29 is 32.2 Å². The molecule has 0 aliphatic carbocycles. The highest BCUT2D eigenvalue weighted by atomic mass is 79.9. The molecule has 1 saturated heterocycles. The van der Waals surface area contributed by atoms with Gasteiger partial charge in [0.2, 0.25) is 5.91 Å². The van der Waals surface area contributed by atoms with Crippen LogP contribution in [0.4, 0.5) is 18.9 Å². The minimum Gasteiger partial charge on any atom is -0.469 e. The van der Waals surface area contributed by atoms with Crippen LogP contribution in [0.2, 0.25) is 0 Å². The average molecular weight is 382 g/mol. The summed E-state index contributed by atoms with van der Waals surface area (Å²) in [5.74, 6) is -1.78. The molecule has 22 heavy (non-hydrogen) atoms. The van der Waals surface area contributed by atoms with Gasteiger partial charge in [-0.25, -0.2) is 0 Å². The molecule has 1 fully saturated rings. The summed E-state index contributed by atoms with van der Waals surface area (Å²) in [6, 6.07) is 3.76. The fourth-order valence-electron chi connectivity index (χ4n) is 2.15. The minimum absolute atomic E-state index is 0.00505. The third-order valence-electron chi connectivity index (χ3n) is 3.11. The van der Waals surface area contributed by atoms with Crippen molar-refractivity contribution in [1.29, 1.82) is 0 Å². The van der Waals surface area contributed by atoms with Gasteiger partial charge in [-0.05, 0) is 34.1 Å². The zero-order valence-electron chi connectivity index (χ0n) is 11.3. The van der Waals surface area contributed by atoms with Gasteiger partial charge in [0.05, 0.1) is 17.5 Å². The number of halogens is 4. The molecule has 1 heterocycles. The number of benzene rings is 1. The molecule has 0 spiro atoms. The van der Waals surface area contributed by atoms with Crippen molar-refractivity contribution in [1.82, 2.24) is 0 Å². The molecule has 9 heteroatoms. The smallest absolute Gasteiger partial charge is 0.469 e. The number of esters is 1. The lowest BCUT2D eigenvalue weighted by atomic mass is 10.1. The van der Waals surface area contributed by atoms with E-state index in [2.05, 4.69) is 25.4 Å². The van der Waals surface area contributed by atoms with E-state index in [9.17, 15) is 22.8 Å². The van der Waals surface area contributed by atoms with Crippen LogP contribution in [0.1, 0.15) is 6.42 Å². The zero-order valence-corrected chi connectivity index (χ0v) is 12.9. The molecule has 0 saturated carbocycles. The average Bonchev–Trinajstić information content (AvgIpc) is 2.81. The van der Waals surface area contributed by atoms with Gasteiger partial charge in [0.25, 0.3) is 0 Å². The molecule has 2 rings (SSSR count). The van der Waals surface area contributed by atoms with E-state index in [0.717, 1.165) is 6.07 Å². The zero-order chi connectivity index (χ0) is 16.5. The van der Waals surface area contributed by atoms with Gasteiger partial charge in [0, 0.05) is 18.7 Å². The summed E-state index contributed by atoms with van der Waals surface area (Å²) in [5, 5.41) is 0. The van der Waals surface area contributed by atoms with E-state index in [0.29, 0.717) is 5.69 Å². The molecule has 0 aromatic heterocycles. The number of hydrogen-bond donors (Lipinski definition) is 0. The van der Waals surface area contributed by atoms with E-state index in [4.69, 9.17) is 0 Å². The summed E-state index contributed by atoms with van der Waals surface area (Å²) < 4.78 is 45.1. The second-order valence-electron chi connectivity index (χ2n) is 4.59. The molecule has 1 unspecified atom stereocenters. The molecular formula is C13H11BrF3NO4. The summed E-state index contributed by atoms with van der Waals surface area (Å²) in [6.45, 7) is 0.122. The first-order valence-corrected chi connectivity index (χ1v) is 6.94. The number of ether oxygens (including phenoxy) is 2. The van der Waals surface area contributed by atoms with Crippen LogP contribution < -0.4 is 9.64 Å². The van der Waals surface area contributed by atoms with Gasteiger partial charge in [0.1, 0.15) is 5.75 Å².